The van der Waals surface area contributed by atoms with Crippen LogP contribution in [0.5, 0.6) is 0 Å². The molecule has 1 N–H and O–H groups in total. The Kier molecular flexibility index (Phi) is 7.30. The summed E-state index contributed by atoms with van der Waals surface area (Å²) in [5, 5.41) is 12.0. The van der Waals surface area contributed by atoms with Gasteiger partial charge in [-0.3, -0.25) is 0 Å². The number of benzene rings is 1. The van der Waals surface area contributed by atoms with E-state index in [0.29, 0.717) is 30.1 Å². The van der Waals surface area contributed by atoms with Crippen LogP contribution in [0.4, 0.5) is 0 Å². The summed E-state index contributed by atoms with van der Waals surface area (Å²) in [6.07, 6.45) is 1.80. The molecule has 122 valence electrons. The minimum atomic E-state index is -3.30. The van der Waals surface area contributed by atoms with Crippen molar-refractivity contribution in [1.29, 1.82) is 5.26 Å². The molecule has 1 aliphatic heterocycles. The number of piperidine rings is 1. The molecule has 2 rings (SSSR count). The third-order valence-electron chi connectivity index (χ3n) is 3.86. The molecule has 0 amide bonds. The Labute approximate surface area is 138 Å². The summed E-state index contributed by atoms with van der Waals surface area (Å²) < 4.78 is 26.5. The summed E-state index contributed by atoms with van der Waals surface area (Å²) in [5.41, 5.74) is 1.17. The van der Waals surface area contributed by atoms with Gasteiger partial charge >= 0.3 is 0 Å². The van der Waals surface area contributed by atoms with Crippen LogP contribution < -0.4 is 5.32 Å². The van der Waals surface area contributed by atoms with Crippen LogP contribution in [-0.2, 0) is 15.8 Å². The number of nitrogens with one attached hydrogen (secondary N) is 1. The molecule has 0 unspecified atom stereocenters. The molecule has 1 aromatic carbocycles. The zero-order chi connectivity index (χ0) is 15.3. The van der Waals surface area contributed by atoms with Crippen LogP contribution in [0, 0.1) is 17.2 Å². The first kappa shape index (κ1) is 18.9. The van der Waals surface area contributed by atoms with Crippen molar-refractivity contribution in [3.8, 4) is 6.07 Å². The average molecular weight is 344 g/mol. The lowest BCUT2D eigenvalue weighted by molar-refractivity contribution is 0.270. The molecule has 1 aromatic rings. The minimum absolute atomic E-state index is 0. The summed E-state index contributed by atoms with van der Waals surface area (Å²) >= 11 is 0. The van der Waals surface area contributed by atoms with Crippen molar-refractivity contribution in [2.45, 2.75) is 18.6 Å². The second-order valence-corrected chi connectivity index (χ2v) is 7.44. The molecule has 0 atom stereocenters. The number of nitriles is 1. The maximum atomic E-state index is 12.4. The SMILES string of the molecule is CNCC1CCN(S(=O)(=O)Cc2cccc(C#N)c2)CC1.Cl. The molecule has 1 heterocycles. The molecule has 0 aromatic heterocycles. The third-order valence-corrected chi connectivity index (χ3v) is 5.71. The standard InChI is InChI=1S/C15H21N3O2S.ClH/c1-17-11-13-5-7-18(8-6-13)21(19,20)12-15-4-2-3-14(9-15)10-16;/h2-4,9,13,17H,5-8,11-12H2,1H3;1H. The summed E-state index contributed by atoms with van der Waals surface area (Å²) in [7, 11) is -1.37. The number of nitrogens with zero attached hydrogens (tertiary/aromatic N) is 2. The van der Waals surface area contributed by atoms with Gasteiger partial charge < -0.3 is 5.32 Å². The van der Waals surface area contributed by atoms with E-state index < -0.39 is 10.0 Å². The number of halogens is 1. The monoisotopic (exact) mass is 343 g/mol. The van der Waals surface area contributed by atoms with Crippen molar-refractivity contribution in [2.75, 3.05) is 26.7 Å². The summed E-state index contributed by atoms with van der Waals surface area (Å²) in [4.78, 5) is 0. The average Bonchev–Trinajstić information content (AvgIpc) is 2.48. The van der Waals surface area contributed by atoms with Crippen molar-refractivity contribution < 1.29 is 8.42 Å². The fourth-order valence-corrected chi connectivity index (χ4v) is 4.26. The smallest absolute Gasteiger partial charge is 0.218 e. The molecule has 1 saturated heterocycles. The van der Waals surface area contributed by atoms with Crippen LogP contribution in [-0.4, -0.2) is 39.4 Å². The molecule has 1 fully saturated rings. The van der Waals surface area contributed by atoms with E-state index in [-0.39, 0.29) is 18.2 Å². The third kappa shape index (κ3) is 4.96. The van der Waals surface area contributed by atoms with Crippen LogP contribution in [0.25, 0.3) is 0 Å². The lowest BCUT2D eigenvalue weighted by Gasteiger charge is -2.31. The zero-order valence-corrected chi connectivity index (χ0v) is 14.3. The molecule has 1 aliphatic rings. The van der Waals surface area contributed by atoms with Crippen LogP contribution in [0.3, 0.4) is 0 Å². The van der Waals surface area contributed by atoms with Gasteiger partial charge in [0.2, 0.25) is 10.0 Å². The molecular formula is C15H22ClN3O2S. The second-order valence-electron chi connectivity index (χ2n) is 5.47. The maximum absolute atomic E-state index is 12.4. The van der Waals surface area contributed by atoms with E-state index in [1.165, 1.54) is 0 Å². The summed E-state index contributed by atoms with van der Waals surface area (Å²) in [6.45, 7) is 2.12. The van der Waals surface area contributed by atoms with Crippen LogP contribution in [0.15, 0.2) is 24.3 Å². The van der Waals surface area contributed by atoms with Crippen molar-refractivity contribution in [1.82, 2.24) is 9.62 Å². The molecule has 0 aliphatic carbocycles. The van der Waals surface area contributed by atoms with Gasteiger partial charge in [-0.2, -0.15) is 5.26 Å². The van der Waals surface area contributed by atoms with Crippen LogP contribution >= 0.6 is 12.4 Å². The molecule has 22 heavy (non-hydrogen) atoms. The second kappa shape index (κ2) is 8.49. The summed E-state index contributed by atoms with van der Waals surface area (Å²) in [6, 6.07) is 8.84. The lowest BCUT2D eigenvalue weighted by atomic mass is 9.98. The first-order valence-electron chi connectivity index (χ1n) is 7.16. The molecule has 0 spiro atoms. The number of hydrogen-bond donors (Lipinski definition) is 1. The highest BCUT2D eigenvalue weighted by Gasteiger charge is 2.27. The van der Waals surface area contributed by atoms with Crippen LogP contribution in [0.1, 0.15) is 24.0 Å². The van der Waals surface area contributed by atoms with Gasteiger partial charge in [-0.25, -0.2) is 12.7 Å². The largest absolute Gasteiger partial charge is 0.319 e. The fourth-order valence-electron chi connectivity index (χ4n) is 2.71. The number of sulfonamides is 1. The van der Waals surface area contributed by atoms with Crippen LogP contribution in [0.2, 0.25) is 0 Å². The van der Waals surface area contributed by atoms with E-state index in [4.69, 9.17) is 5.26 Å². The predicted octanol–water partition coefficient (Wildman–Crippen LogP) is 1.74. The highest BCUT2D eigenvalue weighted by atomic mass is 35.5. The predicted molar refractivity (Wildman–Crippen MR) is 89.3 cm³/mol. The number of rotatable bonds is 5. The van der Waals surface area contributed by atoms with E-state index in [1.807, 2.05) is 13.1 Å². The van der Waals surface area contributed by atoms with E-state index in [0.717, 1.165) is 19.4 Å². The van der Waals surface area contributed by atoms with Gasteiger partial charge in [0, 0.05) is 13.1 Å². The maximum Gasteiger partial charge on any atom is 0.218 e. The molecule has 7 heteroatoms. The molecule has 0 radical (unpaired) electrons. The van der Waals surface area contributed by atoms with E-state index in [2.05, 4.69) is 5.32 Å². The van der Waals surface area contributed by atoms with Gasteiger partial charge in [0.15, 0.2) is 0 Å². The minimum Gasteiger partial charge on any atom is -0.319 e. The Morgan fingerprint density at radius 1 is 1.36 bits per heavy atom. The Hall–Kier alpha value is -1.13. The molecule has 5 nitrogen and oxygen atoms in total. The van der Waals surface area contributed by atoms with E-state index in [1.54, 1.807) is 28.6 Å². The topological polar surface area (TPSA) is 73.2 Å². The molecular weight excluding hydrogens is 322 g/mol. The molecule has 0 saturated carbocycles. The first-order valence-corrected chi connectivity index (χ1v) is 8.77. The summed E-state index contributed by atoms with van der Waals surface area (Å²) in [5.74, 6) is 0.530. The van der Waals surface area contributed by atoms with Gasteiger partial charge in [0.1, 0.15) is 0 Å². The Bertz CT molecular complexity index is 620. The van der Waals surface area contributed by atoms with Gasteiger partial charge in [-0.05, 0) is 50.0 Å². The van der Waals surface area contributed by atoms with Crippen molar-refractivity contribution in [3.63, 3.8) is 0 Å². The number of hydrogen-bond acceptors (Lipinski definition) is 4. The van der Waals surface area contributed by atoms with Gasteiger partial charge in [-0.1, -0.05) is 12.1 Å². The van der Waals surface area contributed by atoms with Crippen molar-refractivity contribution in [2.24, 2.45) is 5.92 Å². The van der Waals surface area contributed by atoms with Crippen molar-refractivity contribution >= 4 is 22.4 Å². The Balaban J connectivity index is 0.00000242. The van der Waals surface area contributed by atoms with Gasteiger partial charge in [0.25, 0.3) is 0 Å². The first-order chi connectivity index (χ1) is 10.0. The van der Waals surface area contributed by atoms with E-state index in [9.17, 15) is 8.42 Å². The quantitative estimate of drug-likeness (QED) is 0.883. The lowest BCUT2D eigenvalue weighted by Crippen LogP contribution is -2.40. The fraction of sp³-hybridized carbons (Fsp3) is 0.533. The highest BCUT2D eigenvalue weighted by Crippen LogP contribution is 2.21. The van der Waals surface area contributed by atoms with Crippen molar-refractivity contribution in [3.05, 3.63) is 35.4 Å². The normalized spacial score (nSPS) is 16.7. The zero-order valence-electron chi connectivity index (χ0n) is 12.7. The Morgan fingerprint density at radius 2 is 2.05 bits per heavy atom. The van der Waals surface area contributed by atoms with Gasteiger partial charge in [0.05, 0.1) is 17.4 Å². The van der Waals surface area contributed by atoms with E-state index >= 15 is 0 Å². The highest BCUT2D eigenvalue weighted by molar-refractivity contribution is 7.88. The Morgan fingerprint density at radius 3 is 2.64 bits per heavy atom. The van der Waals surface area contributed by atoms with Gasteiger partial charge in [-0.15, -0.1) is 12.4 Å². The molecule has 0 bridgehead atoms.